The van der Waals surface area contributed by atoms with E-state index in [1.54, 1.807) is 0 Å². The maximum absolute atomic E-state index is 14.6. The molecule has 2 aliphatic heterocycles. The fourth-order valence-electron chi connectivity index (χ4n) is 7.82. The molecule has 4 aromatic carbocycles. The summed E-state index contributed by atoms with van der Waals surface area (Å²) in [7, 11) is 0. The Morgan fingerprint density at radius 3 is 1.47 bits per heavy atom. The molecule has 22 nitrogen and oxygen atoms in total. The molecule has 4 heterocycles. The zero-order chi connectivity index (χ0) is 48.0. The van der Waals surface area contributed by atoms with Gasteiger partial charge in [0.1, 0.15) is 81.6 Å². The van der Waals surface area contributed by atoms with Crippen molar-refractivity contribution >= 4 is 21.9 Å². The van der Waals surface area contributed by atoms with Crippen LogP contribution in [-0.4, -0.2) is 133 Å². The summed E-state index contributed by atoms with van der Waals surface area (Å²) < 4.78 is 34.8. The third-order valence-electron chi connectivity index (χ3n) is 11.7. The van der Waals surface area contributed by atoms with Gasteiger partial charge in [-0.15, -0.1) is 0 Å². The number of fused-ring (bicyclic) bond motifs is 2. The van der Waals surface area contributed by atoms with Gasteiger partial charge in [-0.05, 0) is 57.2 Å². The van der Waals surface area contributed by atoms with Crippen molar-refractivity contribution in [3.63, 3.8) is 0 Å². The number of benzene rings is 4. The van der Waals surface area contributed by atoms with E-state index in [1.807, 2.05) is 0 Å². The molecule has 6 aromatic rings. The number of phenolic OH excluding ortho intramolecular Hbond substituents is 8. The molecule has 0 unspecified atom stereocenters. The molecular weight excluding hydrogens is 880 g/mol. The van der Waals surface area contributed by atoms with Crippen LogP contribution in [0, 0.1) is 6.92 Å². The summed E-state index contributed by atoms with van der Waals surface area (Å²) >= 11 is 0. The van der Waals surface area contributed by atoms with Gasteiger partial charge in [0, 0.05) is 40.3 Å². The molecule has 0 amide bonds. The highest BCUT2D eigenvalue weighted by Gasteiger charge is 2.45. The van der Waals surface area contributed by atoms with E-state index in [2.05, 4.69) is 0 Å². The summed E-state index contributed by atoms with van der Waals surface area (Å²) in [5.74, 6) is -8.70. The highest BCUT2D eigenvalue weighted by atomic mass is 16.7. The van der Waals surface area contributed by atoms with Gasteiger partial charge in [-0.3, -0.25) is 9.59 Å². The molecule has 0 saturated carbocycles. The zero-order valence-electron chi connectivity index (χ0n) is 34.5. The van der Waals surface area contributed by atoms with E-state index in [9.17, 15) is 81.1 Å². The van der Waals surface area contributed by atoms with Gasteiger partial charge in [0.15, 0.2) is 34.5 Å². The lowest BCUT2D eigenvalue weighted by Crippen LogP contribution is -2.58. The first-order valence-corrected chi connectivity index (χ1v) is 20.0. The van der Waals surface area contributed by atoms with E-state index >= 15 is 0 Å². The van der Waals surface area contributed by atoms with Crippen LogP contribution < -0.4 is 20.3 Å². The van der Waals surface area contributed by atoms with Gasteiger partial charge < -0.3 is 99.3 Å². The molecule has 2 aromatic heterocycles. The lowest BCUT2D eigenvalue weighted by molar-refractivity contribution is -0.268. The average Bonchev–Trinajstić information content (AvgIpc) is 3.27. The number of aromatic hydroxyl groups is 8. The predicted octanol–water partition coefficient (Wildman–Crippen LogP) is 1.19. The molecule has 0 bridgehead atoms. The summed E-state index contributed by atoms with van der Waals surface area (Å²) in [4.78, 5) is 29.1. The quantitative estimate of drug-likeness (QED) is 0.0953. The van der Waals surface area contributed by atoms with Crippen LogP contribution in [0.3, 0.4) is 0 Å². The zero-order valence-corrected chi connectivity index (χ0v) is 34.5. The number of hydrogen-bond acceptors (Lipinski definition) is 22. The van der Waals surface area contributed by atoms with Crippen molar-refractivity contribution in [1.82, 2.24) is 0 Å². The topological polar surface area (TPSA) is 381 Å². The number of aliphatic hydroxyl groups is 6. The molecule has 8 rings (SSSR count). The first kappa shape index (κ1) is 45.5. The first-order valence-electron chi connectivity index (χ1n) is 20.0. The number of rotatable bonds is 8. The monoisotopic (exact) mass is 922 g/mol. The first-order chi connectivity index (χ1) is 31.1. The number of aliphatic hydroxyl groups excluding tert-OH is 6. The van der Waals surface area contributed by atoms with Crippen LogP contribution in [-0.2, 0) is 15.9 Å². The second kappa shape index (κ2) is 16.8. The minimum Gasteiger partial charge on any atom is -0.507 e. The van der Waals surface area contributed by atoms with Gasteiger partial charge in [0.25, 0.3) is 0 Å². The standard InChI is InChI=1S/C44H42O22/c1-12-27(50)18(40-26(28(12)51)33(56)42(39(64-40)16-5-7-20(46)23(49)9-16)66-44-37(60)35(58)30(53)14(3)62-44)10-17-21(47)11-24-25(31(17)54)32(55)41(38(63-24)15-4-6-19(45)22(48)8-15)65-43-36(59)34(57)29(52)13(2)61-43/h4-9,11,13-14,29-30,34-37,43-54,57-60H,10H2,1-3H3/t13-,14-,29-,30-,34+,35+,36+,37+,43-,44-/m0/s1. The van der Waals surface area contributed by atoms with E-state index < -0.39 is 181 Å². The van der Waals surface area contributed by atoms with Crippen LogP contribution in [0.15, 0.2) is 60.9 Å². The van der Waals surface area contributed by atoms with Crippen molar-refractivity contribution in [3.05, 3.63) is 79.6 Å². The van der Waals surface area contributed by atoms with Gasteiger partial charge in [-0.2, -0.15) is 0 Å². The van der Waals surface area contributed by atoms with Gasteiger partial charge in [0.2, 0.25) is 34.9 Å². The molecule has 2 saturated heterocycles. The molecular formula is C44H42O22. The number of ether oxygens (including phenoxy) is 4. The lowest BCUT2D eigenvalue weighted by atomic mass is 9.94. The van der Waals surface area contributed by atoms with Gasteiger partial charge in [-0.1, -0.05) is 0 Å². The smallest absolute Gasteiger partial charge is 0.239 e. The molecule has 10 atom stereocenters. The third kappa shape index (κ3) is 7.43. The van der Waals surface area contributed by atoms with Crippen LogP contribution >= 0.6 is 0 Å². The number of phenols is 8. The van der Waals surface area contributed by atoms with Crippen LogP contribution in [0.25, 0.3) is 44.6 Å². The fraction of sp³-hybridized carbons (Fsp3) is 0.318. The average molecular weight is 923 g/mol. The van der Waals surface area contributed by atoms with Crippen molar-refractivity contribution in [2.75, 3.05) is 0 Å². The summed E-state index contributed by atoms with van der Waals surface area (Å²) in [6.45, 7) is 3.86. The highest BCUT2D eigenvalue weighted by molar-refractivity contribution is 5.94. The van der Waals surface area contributed by atoms with E-state index in [1.165, 1.54) is 26.8 Å². The summed E-state index contributed by atoms with van der Waals surface area (Å²) in [5, 5.41) is 149. The van der Waals surface area contributed by atoms with Crippen molar-refractivity contribution in [1.29, 1.82) is 0 Å². The van der Waals surface area contributed by atoms with Crippen molar-refractivity contribution < 1.29 is 99.3 Å². The predicted molar refractivity (Wildman–Crippen MR) is 223 cm³/mol. The van der Waals surface area contributed by atoms with E-state index in [-0.39, 0.29) is 16.7 Å². The molecule has 0 spiro atoms. The second-order valence-electron chi connectivity index (χ2n) is 16.0. The van der Waals surface area contributed by atoms with Gasteiger partial charge >= 0.3 is 0 Å². The Morgan fingerprint density at radius 2 is 0.985 bits per heavy atom. The Balaban J connectivity index is 1.33. The maximum Gasteiger partial charge on any atom is 0.239 e. The third-order valence-corrected chi connectivity index (χ3v) is 11.7. The van der Waals surface area contributed by atoms with Crippen LogP contribution in [0.5, 0.6) is 57.5 Å². The minimum absolute atomic E-state index is 0.124. The van der Waals surface area contributed by atoms with Crippen molar-refractivity contribution in [2.24, 2.45) is 0 Å². The maximum atomic E-state index is 14.6. The minimum atomic E-state index is -1.97. The Kier molecular flexibility index (Phi) is 11.6. The Hall–Kier alpha value is -7.02. The van der Waals surface area contributed by atoms with Crippen molar-refractivity contribution in [3.8, 4) is 80.1 Å². The summed E-state index contributed by atoms with van der Waals surface area (Å²) in [5.41, 5.74) is -5.17. The molecule has 2 aliphatic rings. The lowest BCUT2D eigenvalue weighted by Gasteiger charge is -2.38. The molecule has 66 heavy (non-hydrogen) atoms. The largest absolute Gasteiger partial charge is 0.507 e. The van der Waals surface area contributed by atoms with Crippen LogP contribution in [0.4, 0.5) is 0 Å². The summed E-state index contributed by atoms with van der Waals surface area (Å²) in [6, 6.07) is 7.19. The Morgan fingerprint density at radius 1 is 0.515 bits per heavy atom. The SMILES string of the molecule is Cc1c(O)c(Cc2c(O)cc3oc(-c4ccc(O)c(O)c4)c(O[C@@H]4O[C@@H](C)[C@H](O)[C@@H](O)[C@H]4O)c(=O)c3c2O)c2oc(-c3ccc(O)c(O)c3)c(O[C@@H]3O[C@@H](C)[C@H](O)[C@@H](O)[C@H]3O)c(=O)c2c1O. The Bertz CT molecular complexity index is 3030. The van der Waals surface area contributed by atoms with Crippen molar-refractivity contribution in [2.45, 2.75) is 88.6 Å². The van der Waals surface area contributed by atoms with E-state index in [0.717, 1.165) is 36.4 Å². The number of hydrogen-bond donors (Lipinski definition) is 14. The van der Waals surface area contributed by atoms with E-state index in [0.29, 0.717) is 0 Å². The molecule has 350 valence electrons. The molecule has 2 fully saturated rings. The van der Waals surface area contributed by atoms with Gasteiger partial charge in [0.05, 0.1) is 12.2 Å². The van der Waals surface area contributed by atoms with E-state index in [4.69, 9.17) is 27.8 Å². The van der Waals surface area contributed by atoms with Crippen LogP contribution in [0.2, 0.25) is 0 Å². The van der Waals surface area contributed by atoms with Gasteiger partial charge in [-0.25, -0.2) is 0 Å². The molecule has 0 aliphatic carbocycles. The second-order valence-corrected chi connectivity index (χ2v) is 16.0. The Labute approximate surface area is 369 Å². The molecule has 22 heteroatoms. The normalized spacial score (nSPS) is 25.6. The van der Waals surface area contributed by atoms with Crippen LogP contribution in [0.1, 0.15) is 30.5 Å². The summed E-state index contributed by atoms with van der Waals surface area (Å²) in [6.07, 6.45) is -17.6. The fourth-order valence-corrected chi connectivity index (χ4v) is 7.82. The molecule has 14 N–H and O–H groups in total. The highest BCUT2D eigenvalue weighted by Crippen LogP contribution is 2.47. The molecule has 0 radical (unpaired) electrons.